The fourth-order valence-electron chi connectivity index (χ4n) is 2.35. The zero-order valence-corrected chi connectivity index (χ0v) is 8.77. The van der Waals surface area contributed by atoms with Crippen molar-refractivity contribution in [2.75, 3.05) is 12.4 Å². The maximum absolute atomic E-state index is 8.97. The third-order valence-corrected chi connectivity index (χ3v) is 4.70. The molecule has 2 fully saturated rings. The summed E-state index contributed by atoms with van der Waals surface area (Å²) in [5.74, 6) is 1.37. The van der Waals surface area contributed by atoms with Crippen LogP contribution >= 0.6 is 11.8 Å². The van der Waals surface area contributed by atoms with Crippen molar-refractivity contribution in [2.24, 2.45) is 5.92 Å². The number of nitriles is 1. The van der Waals surface area contributed by atoms with Gasteiger partial charge in [-0.3, -0.25) is 0 Å². The number of nitrogens with zero attached hydrogens (tertiary/aromatic N) is 1. The molecule has 2 rings (SSSR count). The first-order valence-electron chi connectivity index (χ1n) is 4.91. The largest absolute Gasteiger partial charge is 0.375 e. The summed E-state index contributed by atoms with van der Waals surface area (Å²) < 4.78 is 5.92. The number of thioether (sulfide) groups is 1. The predicted octanol–water partition coefficient (Wildman–Crippen LogP) is 2.20. The summed E-state index contributed by atoms with van der Waals surface area (Å²) in [5.41, 5.74) is 0. The summed E-state index contributed by atoms with van der Waals surface area (Å²) in [5, 5.41) is 8.97. The summed E-state index contributed by atoms with van der Waals surface area (Å²) in [4.78, 5) is 0. The molecule has 2 aliphatic heterocycles. The fourth-order valence-corrected chi connectivity index (χ4v) is 3.79. The fraction of sp³-hybridized carbons (Fsp3) is 0.900. The molecule has 72 valence electrons. The molecule has 0 aromatic heterocycles. The van der Waals surface area contributed by atoms with E-state index in [1.54, 1.807) is 0 Å². The average molecular weight is 197 g/mol. The summed E-state index contributed by atoms with van der Waals surface area (Å²) in [6, 6.07) is 2.38. The molecule has 3 atom stereocenters. The van der Waals surface area contributed by atoms with Crippen molar-refractivity contribution >= 4 is 11.8 Å². The van der Waals surface area contributed by atoms with E-state index >= 15 is 0 Å². The van der Waals surface area contributed by atoms with Crippen molar-refractivity contribution < 1.29 is 4.74 Å². The first kappa shape index (κ1) is 9.36. The molecule has 0 saturated carbocycles. The highest BCUT2D eigenvalue weighted by Crippen LogP contribution is 2.46. The lowest BCUT2D eigenvalue weighted by molar-refractivity contribution is 0.0708. The second-order valence-corrected chi connectivity index (χ2v) is 5.71. The van der Waals surface area contributed by atoms with Crippen molar-refractivity contribution in [1.82, 2.24) is 0 Å². The van der Waals surface area contributed by atoms with Gasteiger partial charge in [0.25, 0.3) is 0 Å². The monoisotopic (exact) mass is 197 g/mol. The molecule has 0 bridgehead atoms. The van der Waals surface area contributed by atoms with E-state index < -0.39 is 0 Å². The smallest absolute Gasteiger partial charge is 0.0877 e. The molecule has 0 spiro atoms. The second kappa shape index (κ2) is 3.51. The highest BCUT2D eigenvalue weighted by atomic mass is 32.2. The normalized spacial score (nSPS) is 44.9. The maximum atomic E-state index is 8.97. The minimum absolute atomic E-state index is 0.135. The highest BCUT2D eigenvalue weighted by molar-refractivity contribution is 8.00. The van der Waals surface area contributed by atoms with E-state index in [9.17, 15) is 0 Å². The van der Waals surface area contributed by atoms with Crippen molar-refractivity contribution in [2.45, 2.75) is 37.0 Å². The first-order chi connectivity index (χ1) is 6.26. The minimum atomic E-state index is 0.135. The Morgan fingerprint density at radius 1 is 1.62 bits per heavy atom. The molecular formula is C10H15NOS. The van der Waals surface area contributed by atoms with Gasteiger partial charge in [-0.25, -0.2) is 0 Å². The quantitative estimate of drug-likeness (QED) is 0.646. The molecule has 2 saturated heterocycles. The van der Waals surface area contributed by atoms with E-state index in [0.29, 0.717) is 0 Å². The van der Waals surface area contributed by atoms with Crippen LogP contribution in [0.5, 0.6) is 0 Å². The van der Waals surface area contributed by atoms with Crippen LogP contribution in [0.4, 0.5) is 0 Å². The first-order valence-corrected chi connectivity index (χ1v) is 5.90. The number of hydrogen-bond donors (Lipinski definition) is 0. The van der Waals surface area contributed by atoms with Crippen LogP contribution in [-0.4, -0.2) is 23.2 Å². The van der Waals surface area contributed by atoms with Gasteiger partial charge in [0.2, 0.25) is 0 Å². The summed E-state index contributed by atoms with van der Waals surface area (Å²) >= 11 is 1.98. The lowest BCUT2D eigenvalue weighted by atomic mass is 9.89. The van der Waals surface area contributed by atoms with Gasteiger partial charge in [-0.15, -0.1) is 0 Å². The highest BCUT2D eigenvalue weighted by Gasteiger charge is 2.45. The van der Waals surface area contributed by atoms with Crippen LogP contribution in [0, 0.1) is 17.2 Å². The van der Waals surface area contributed by atoms with Gasteiger partial charge < -0.3 is 4.74 Å². The summed E-state index contributed by atoms with van der Waals surface area (Å²) in [6.07, 6.45) is 3.60. The van der Waals surface area contributed by atoms with E-state index in [1.807, 2.05) is 11.8 Å². The van der Waals surface area contributed by atoms with Gasteiger partial charge in [0.15, 0.2) is 0 Å². The van der Waals surface area contributed by atoms with E-state index in [4.69, 9.17) is 10.00 Å². The molecule has 0 aromatic carbocycles. The Kier molecular flexibility index (Phi) is 2.53. The van der Waals surface area contributed by atoms with Gasteiger partial charge in [-0.2, -0.15) is 17.0 Å². The third-order valence-electron chi connectivity index (χ3n) is 3.11. The number of rotatable bonds is 1. The summed E-state index contributed by atoms with van der Waals surface area (Å²) in [7, 11) is 0. The Bertz CT molecular complexity index is 230. The molecule has 13 heavy (non-hydrogen) atoms. The van der Waals surface area contributed by atoms with Crippen LogP contribution in [-0.2, 0) is 4.74 Å². The van der Waals surface area contributed by atoms with Crippen LogP contribution in [0.3, 0.4) is 0 Å². The van der Waals surface area contributed by atoms with E-state index in [-0.39, 0.29) is 16.8 Å². The third kappa shape index (κ3) is 1.58. The zero-order chi connectivity index (χ0) is 9.31. The number of ether oxygens (including phenoxy) is 1. The molecule has 0 aliphatic carbocycles. The zero-order valence-electron chi connectivity index (χ0n) is 7.95. The van der Waals surface area contributed by atoms with Crippen molar-refractivity contribution in [3.63, 3.8) is 0 Å². The topological polar surface area (TPSA) is 33.0 Å². The molecule has 3 unspecified atom stereocenters. The summed E-state index contributed by atoms with van der Waals surface area (Å²) in [6.45, 7) is 3.03. The van der Waals surface area contributed by atoms with Crippen LogP contribution in [0.2, 0.25) is 0 Å². The molecule has 0 N–H and O–H groups in total. The van der Waals surface area contributed by atoms with Crippen LogP contribution in [0.25, 0.3) is 0 Å². The molecule has 3 heteroatoms. The Morgan fingerprint density at radius 3 is 3.08 bits per heavy atom. The molecule has 0 radical (unpaired) electrons. The van der Waals surface area contributed by atoms with Crippen molar-refractivity contribution in [1.29, 1.82) is 5.26 Å². The lowest BCUT2D eigenvalue weighted by Gasteiger charge is -2.31. The van der Waals surface area contributed by atoms with E-state index in [2.05, 4.69) is 13.0 Å². The Morgan fingerprint density at radius 2 is 2.46 bits per heavy atom. The second-order valence-electron chi connectivity index (χ2n) is 4.08. The molecule has 2 aliphatic rings. The van der Waals surface area contributed by atoms with E-state index in [1.165, 1.54) is 18.6 Å². The molecular weight excluding hydrogens is 182 g/mol. The van der Waals surface area contributed by atoms with Gasteiger partial charge in [-0.1, -0.05) is 0 Å². The molecule has 0 amide bonds. The Balaban J connectivity index is 2.10. The van der Waals surface area contributed by atoms with Crippen LogP contribution in [0.1, 0.15) is 26.2 Å². The molecule has 2 nitrogen and oxygen atoms in total. The van der Waals surface area contributed by atoms with E-state index in [0.717, 1.165) is 13.0 Å². The van der Waals surface area contributed by atoms with Crippen LogP contribution < -0.4 is 0 Å². The SMILES string of the molecule is CC1(C2OCCC2C#N)CCCS1. The van der Waals surface area contributed by atoms with Crippen molar-refractivity contribution in [3.05, 3.63) is 0 Å². The minimum Gasteiger partial charge on any atom is -0.375 e. The molecule has 0 aromatic rings. The van der Waals surface area contributed by atoms with Crippen molar-refractivity contribution in [3.8, 4) is 6.07 Å². The molecule has 2 heterocycles. The Labute approximate surface area is 83.6 Å². The van der Waals surface area contributed by atoms with Crippen LogP contribution in [0.15, 0.2) is 0 Å². The predicted molar refractivity (Wildman–Crippen MR) is 53.6 cm³/mol. The average Bonchev–Trinajstić information content (AvgIpc) is 2.72. The lowest BCUT2D eigenvalue weighted by Crippen LogP contribution is -2.37. The van der Waals surface area contributed by atoms with Gasteiger partial charge >= 0.3 is 0 Å². The van der Waals surface area contributed by atoms with Gasteiger partial charge in [-0.05, 0) is 31.9 Å². The van der Waals surface area contributed by atoms with Gasteiger partial charge in [0.1, 0.15) is 0 Å². The number of hydrogen-bond acceptors (Lipinski definition) is 3. The standard InChI is InChI=1S/C10H15NOS/c1-10(4-2-6-13-10)9-8(7-11)3-5-12-9/h8-9H,2-6H2,1H3. The van der Waals surface area contributed by atoms with Gasteiger partial charge in [0, 0.05) is 11.4 Å². The maximum Gasteiger partial charge on any atom is 0.0877 e. The van der Waals surface area contributed by atoms with Gasteiger partial charge in [0.05, 0.1) is 18.1 Å². The Hall–Kier alpha value is -0.200.